The van der Waals surface area contributed by atoms with Gasteiger partial charge in [0, 0.05) is 38.3 Å². The van der Waals surface area contributed by atoms with Crippen molar-refractivity contribution < 1.29 is 24.5 Å². The summed E-state index contributed by atoms with van der Waals surface area (Å²) in [5, 5.41) is 19.1. The Morgan fingerprint density at radius 3 is 2.84 bits per heavy atom. The highest BCUT2D eigenvalue weighted by atomic mass is 16.5. The lowest BCUT2D eigenvalue weighted by Crippen LogP contribution is -2.36. The minimum atomic E-state index is -0.866. The zero-order valence-corrected chi connectivity index (χ0v) is 14.4. The Labute approximate surface area is 147 Å². The second-order valence-corrected chi connectivity index (χ2v) is 6.49. The number of hydrogen-bond acceptors (Lipinski definition) is 6. The maximum absolute atomic E-state index is 10.9. The number of ether oxygens (including phenoxy) is 2. The van der Waals surface area contributed by atoms with Gasteiger partial charge in [-0.1, -0.05) is 12.1 Å². The van der Waals surface area contributed by atoms with Gasteiger partial charge in [0.15, 0.2) is 11.5 Å². The number of carboxylic acid groups (broad SMARTS) is 1. The lowest BCUT2D eigenvalue weighted by Gasteiger charge is -2.26. The van der Waals surface area contributed by atoms with Crippen LogP contribution in [0.2, 0.25) is 0 Å². The summed E-state index contributed by atoms with van der Waals surface area (Å²) < 4.78 is 11.2. The van der Waals surface area contributed by atoms with E-state index in [1.807, 2.05) is 18.2 Å². The van der Waals surface area contributed by atoms with Gasteiger partial charge in [-0.25, -0.2) is 0 Å². The van der Waals surface area contributed by atoms with E-state index in [-0.39, 0.29) is 6.54 Å². The molecule has 7 nitrogen and oxygen atoms in total. The van der Waals surface area contributed by atoms with Crippen molar-refractivity contribution in [2.24, 2.45) is 0 Å². The molecule has 136 valence electrons. The number of aliphatic carboxylic acids is 1. The molecule has 2 aliphatic rings. The Balaban J connectivity index is 1.66. The molecule has 1 unspecified atom stereocenters. The number of carboxylic acids is 1. The van der Waals surface area contributed by atoms with E-state index in [2.05, 4.69) is 11.0 Å². The Bertz CT molecular complexity index is 661. The number of hydrogen-bond donors (Lipinski definition) is 2. The quantitative estimate of drug-likeness (QED) is 0.803. The number of methoxy groups -OCH3 is 1. The van der Waals surface area contributed by atoms with Crippen molar-refractivity contribution in [2.45, 2.75) is 6.10 Å². The van der Waals surface area contributed by atoms with E-state index in [0.29, 0.717) is 39.3 Å². The van der Waals surface area contributed by atoms with Crippen LogP contribution < -0.4 is 9.47 Å². The average Bonchev–Trinajstić information content (AvgIpc) is 2.74. The third kappa shape index (κ3) is 4.50. The molecule has 1 aromatic rings. The van der Waals surface area contributed by atoms with Crippen LogP contribution in [-0.2, 0) is 4.79 Å². The molecule has 1 aromatic carbocycles. The molecule has 1 fully saturated rings. The van der Waals surface area contributed by atoms with Gasteiger partial charge in [-0.05, 0) is 17.7 Å². The van der Waals surface area contributed by atoms with Gasteiger partial charge in [0.2, 0.25) is 0 Å². The van der Waals surface area contributed by atoms with Gasteiger partial charge < -0.3 is 19.7 Å². The minimum Gasteiger partial charge on any atom is -0.493 e. The molecule has 0 spiro atoms. The molecule has 0 amide bonds. The van der Waals surface area contributed by atoms with Crippen LogP contribution in [0.5, 0.6) is 11.5 Å². The van der Waals surface area contributed by atoms with Gasteiger partial charge in [0.05, 0.1) is 19.8 Å². The lowest BCUT2D eigenvalue weighted by molar-refractivity contribution is -0.138. The smallest absolute Gasteiger partial charge is 0.317 e. The normalized spacial score (nSPS) is 21.7. The molecule has 1 saturated heterocycles. The summed E-state index contributed by atoms with van der Waals surface area (Å²) in [6, 6.07) is 5.79. The summed E-state index contributed by atoms with van der Waals surface area (Å²) in [6.45, 7) is 3.39. The highest BCUT2D eigenvalue weighted by Gasteiger charge is 2.24. The van der Waals surface area contributed by atoms with E-state index in [4.69, 9.17) is 14.6 Å². The van der Waals surface area contributed by atoms with Gasteiger partial charge in [0.1, 0.15) is 6.61 Å². The average molecular weight is 348 g/mol. The largest absolute Gasteiger partial charge is 0.493 e. The summed E-state index contributed by atoms with van der Waals surface area (Å²) in [5.74, 6) is 0.620. The predicted molar refractivity (Wildman–Crippen MR) is 93.0 cm³/mol. The van der Waals surface area contributed by atoms with Crippen LogP contribution in [0.25, 0.3) is 6.08 Å². The fourth-order valence-corrected chi connectivity index (χ4v) is 3.36. The van der Waals surface area contributed by atoms with Gasteiger partial charge in [-0.2, -0.15) is 0 Å². The SMILES string of the molecule is COc1cccc2c1OCC(CN1CCN(CC(=O)O)CC(O)C1)=C2. The zero-order chi connectivity index (χ0) is 17.8. The molecule has 2 heterocycles. The van der Waals surface area contributed by atoms with Crippen LogP contribution >= 0.6 is 0 Å². The van der Waals surface area contributed by atoms with Crippen LogP contribution in [0, 0.1) is 0 Å². The summed E-state index contributed by atoms with van der Waals surface area (Å²) in [5.41, 5.74) is 2.11. The van der Waals surface area contributed by atoms with E-state index in [1.165, 1.54) is 0 Å². The van der Waals surface area contributed by atoms with Crippen LogP contribution in [-0.4, -0.2) is 85.1 Å². The summed E-state index contributed by atoms with van der Waals surface area (Å²) in [7, 11) is 1.62. The summed E-state index contributed by atoms with van der Waals surface area (Å²) >= 11 is 0. The van der Waals surface area contributed by atoms with E-state index in [0.717, 1.165) is 22.6 Å². The fraction of sp³-hybridized carbons (Fsp3) is 0.500. The van der Waals surface area contributed by atoms with Crippen LogP contribution in [0.4, 0.5) is 0 Å². The second-order valence-electron chi connectivity index (χ2n) is 6.49. The molecule has 2 aliphatic heterocycles. The van der Waals surface area contributed by atoms with Gasteiger partial charge in [-0.15, -0.1) is 0 Å². The van der Waals surface area contributed by atoms with Crippen molar-refractivity contribution in [1.82, 2.24) is 9.80 Å². The molecule has 25 heavy (non-hydrogen) atoms. The van der Waals surface area contributed by atoms with Crippen molar-refractivity contribution in [3.05, 3.63) is 29.3 Å². The van der Waals surface area contributed by atoms with Crippen LogP contribution in [0.3, 0.4) is 0 Å². The van der Waals surface area contributed by atoms with Crippen LogP contribution in [0.15, 0.2) is 23.8 Å². The number of nitrogens with zero attached hydrogens (tertiary/aromatic N) is 2. The molecule has 7 heteroatoms. The Morgan fingerprint density at radius 2 is 2.08 bits per heavy atom. The molecular weight excluding hydrogens is 324 g/mol. The van der Waals surface area contributed by atoms with E-state index >= 15 is 0 Å². The van der Waals surface area contributed by atoms with Crippen LogP contribution in [0.1, 0.15) is 5.56 Å². The van der Waals surface area contributed by atoms with Crippen molar-refractivity contribution in [2.75, 3.05) is 53.0 Å². The van der Waals surface area contributed by atoms with Crippen molar-refractivity contribution >= 4 is 12.0 Å². The molecular formula is C18H24N2O5. The first-order chi connectivity index (χ1) is 12.0. The molecule has 0 bridgehead atoms. The number of β-amino-alcohol motifs (C(OH)–C–C–N with tert-alkyl or cyclic N) is 1. The molecule has 0 aromatic heterocycles. The molecule has 0 radical (unpaired) electrons. The number of aliphatic hydroxyl groups is 1. The monoisotopic (exact) mass is 348 g/mol. The Kier molecular flexibility index (Phi) is 5.57. The Hall–Kier alpha value is -2.09. The highest BCUT2D eigenvalue weighted by molar-refractivity contribution is 5.69. The second kappa shape index (κ2) is 7.86. The third-order valence-electron chi connectivity index (χ3n) is 4.45. The van der Waals surface area contributed by atoms with Gasteiger partial charge in [0.25, 0.3) is 0 Å². The lowest BCUT2D eigenvalue weighted by atomic mass is 10.1. The van der Waals surface area contributed by atoms with Crippen molar-refractivity contribution in [3.63, 3.8) is 0 Å². The maximum Gasteiger partial charge on any atom is 0.317 e. The van der Waals surface area contributed by atoms with Gasteiger partial charge >= 0.3 is 5.97 Å². The molecule has 0 aliphatic carbocycles. The number of carbonyl (C=O) groups is 1. The third-order valence-corrected chi connectivity index (χ3v) is 4.45. The number of rotatable bonds is 5. The molecule has 0 saturated carbocycles. The summed E-state index contributed by atoms with van der Waals surface area (Å²) in [6.07, 6.45) is 1.55. The van der Waals surface area contributed by atoms with Crippen molar-refractivity contribution in [1.29, 1.82) is 0 Å². The molecule has 3 rings (SSSR count). The minimum absolute atomic E-state index is 0.0378. The Morgan fingerprint density at radius 1 is 1.32 bits per heavy atom. The number of benzene rings is 1. The zero-order valence-electron chi connectivity index (χ0n) is 14.4. The topological polar surface area (TPSA) is 82.5 Å². The predicted octanol–water partition coefficient (Wildman–Crippen LogP) is 0.534. The first-order valence-electron chi connectivity index (χ1n) is 8.39. The van der Waals surface area contributed by atoms with Crippen molar-refractivity contribution in [3.8, 4) is 11.5 Å². The number of para-hydroxylation sites is 1. The number of fused-ring (bicyclic) bond motifs is 1. The van der Waals surface area contributed by atoms with E-state index in [9.17, 15) is 9.90 Å². The summed E-state index contributed by atoms with van der Waals surface area (Å²) in [4.78, 5) is 14.8. The van der Waals surface area contributed by atoms with Gasteiger partial charge in [-0.3, -0.25) is 14.6 Å². The fourth-order valence-electron chi connectivity index (χ4n) is 3.36. The first-order valence-corrected chi connectivity index (χ1v) is 8.39. The maximum atomic E-state index is 10.9. The van der Waals surface area contributed by atoms with E-state index < -0.39 is 12.1 Å². The first kappa shape index (κ1) is 17.7. The molecule has 2 N–H and O–H groups in total. The van der Waals surface area contributed by atoms with E-state index in [1.54, 1.807) is 12.0 Å². The highest BCUT2D eigenvalue weighted by Crippen LogP contribution is 2.35. The number of aliphatic hydroxyl groups excluding tert-OH is 1. The standard InChI is InChI=1S/C18H24N2O5/c1-24-16-4-2-3-14-7-13(12-25-18(14)16)8-19-5-6-20(11-17(22)23)10-15(21)9-19/h2-4,7,15,21H,5-6,8-12H2,1H3,(H,22,23). The molecule has 1 atom stereocenters.